The molecule has 5 nitrogen and oxygen atoms in total. The average Bonchev–Trinajstić information content (AvgIpc) is 2.40. The highest BCUT2D eigenvalue weighted by molar-refractivity contribution is 7.89. The average molecular weight is 300 g/mol. The second kappa shape index (κ2) is 7.73. The summed E-state index contributed by atoms with van der Waals surface area (Å²) in [5, 5.41) is 3.17. The van der Waals surface area contributed by atoms with Crippen molar-refractivity contribution in [2.75, 3.05) is 20.8 Å². The Morgan fingerprint density at radius 3 is 2.60 bits per heavy atom. The summed E-state index contributed by atoms with van der Waals surface area (Å²) in [4.78, 5) is 0.284. The summed E-state index contributed by atoms with van der Waals surface area (Å²) >= 11 is 0. The lowest BCUT2D eigenvalue weighted by Crippen LogP contribution is -2.35. The normalized spacial score (nSPS) is 15.0. The zero-order valence-corrected chi connectivity index (χ0v) is 13.3. The molecule has 1 aromatic rings. The zero-order valence-electron chi connectivity index (χ0n) is 12.5. The first-order valence-corrected chi connectivity index (χ1v) is 8.21. The van der Waals surface area contributed by atoms with Crippen molar-refractivity contribution < 1.29 is 13.2 Å². The van der Waals surface area contributed by atoms with Gasteiger partial charge in [0.05, 0.1) is 11.5 Å². The number of ether oxygens (including phenoxy) is 1. The fourth-order valence-corrected chi connectivity index (χ4v) is 3.40. The first kappa shape index (κ1) is 17.1. The van der Waals surface area contributed by atoms with Gasteiger partial charge in [-0.15, -0.1) is 0 Å². The molecule has 20 heavy (non-hydrogen) atoms. The number of methoxy groups -OCH3 is 1. The second-order valence-electron chi connectivity index (χ2n) is 4.80. The van der Waals surface area contributed by atoms with Gasteiger partial charge < -0.3 is 10.1 Å². The highest BCUT2D eigenvalue weighted by atomic mass is 32.2. The topological polar surface area (TPSA) is 67.4 Å². The van der Waals surface area contributed by atoms with Gasteiger partial charge in [-0.2, -0.15) is 0 Å². The molecule has 0 amide bonds. The summed E-state index contributed by atoms with van der Waals surface area (Å²) in [5.74, 6) is 0. The molecule has 0 spiro atoms. The fourth-order valence-electron chi connectivity index (χ4n) is 2.12. The van der Waals surface area contributed by atoms with E-state index in [1.807, 2.05) is 13.1 Å². The van der Waals surface area contributed by atoms with Crippen molar-refractivity contribution in [1.82, 2.24) is 10.0 Å². The van der Waals surface area contributed by atoms with E-state index >= 15 is 0 Å². The van der Waals surface area contributed by atoms with Crippen LogP contribution in [0.3, 0.4) is 0 Å². The van der Waals surface area contributed by atoms with Gasteiger partial charge >= 0.3 is 0 Å². The van der Waals surface area contributed by atoms with Gasteiger partial charge in [0.1, 0.15) is 0 Å². The summed E-state index contributed by atoms with van der Waals surface area (Å²) in [7, 11) is -0.0968. The molecule has 0 aliphatic heterocycles. The van der Waals surface area contributed by atoms with Crippen LogP contribution in [0.1, 0.15) is 31.9 Å². The number of benzene rings is 1. The molecule has 0 saturated heterocycles. The van der Waals surface area contributed by atoms with Gasteiger partial charge in [0, 0.05) is 19.2 Å². The van der Waals surface area contributed by atoms with Crippen LogP contribution >= 0.6 is 0 Å². The van der Waals surface area contributed by atoms with E-state index in [1.165, 1.54) is 0 Å². The SMILES string of the molecule is CCC(NC)c1cccc(S(=O)(=O)NC(C)COC)c1. The van der Waals surface area contributed by atoms with Crippen LogP contribution in [0.25, 0.3) is 0 Å². The summed E-state index contributed by atoms with van der Waals surface area (Å²) in [6, 6.07) is 6.91. The first-order valence-electron chi connectivity index (χ1n) is 6.73. The van der Waals surface area contributed by atoms with E-state index in [0.717, 1.165) is 12.0 Å². The fraction of sp³-hybridized carbons (Fsp3) is 0.571. The molecule has 0 aliphatic carbocycles. The maximum atomic E-state index is 12.3. The summed E-state index contributed by atoms with van der Waals surface area (Å²) in [5.41, 5.74) is 0.970. The van der Waals surface area contributed by atoms with Crippen molar-refractivity contribution in [3.05, 3.63) is 29.8 Å². The van der Waals surface area contributed by atoms with Gasteiger partial charge in [-0.3, -0.25) is 0 Å². The van der Waals surface area contributed by atoms with Crippen molar-refractivity contribution in [2.24, 2.45) is 0 Å². The van der Waals surface area contributed by atoms with Crippen LogP contribution in [0, 0.1) is 0 Å². The molecular weight excluding hydrogens is 276 g/mol. The van der Waals surface area contributed by atoms with E-state index in [4.69, 9.17) is 4.74 Å². The second-order valence-corrected chi connectivity index (χ2v) is 6.51. The van der Waals surface area contributed by atoms with Crippen molar-refractivity contribution in [3.8, 4) is 0 Å². The number of sulfonamides is 1. The van der Waals surface area contributed by atoms with Crippen LogP contribution in [0.4, 0.5) is 0 Å². The molecule has 0 fully saturated rings. The lowest BCUT2D eigenvalue weighted by molar-refractivity contribution is 0.180. The van der Waals surface area contributed by atoms with Gasteiger partial charge in [0.2, 0.25) is 10.0 Å². The molecule has 0 aliphatic rings. The maximum Gasteiger partial charge on any atom is 0.240 e. The number of nitrogens with one attached hydrogen (secondary N) is 2. The lowest BCUT2D eigenvalue weighted by atomic mass is 10.1. The van der Waals surface area contributed by atoms with Crippen LogP contribution in [-0.4, -0.2) is 35.2 Å². The Bertz CT molecular complexity index is 513. The van der Waals surface area contributed by atoms with E-state index in [9.17, 15) is 8.42 Å². The van der Waals surface area contributed by atoms with Crippen LogP contribution in [-0.2, 0) is 14.8 Å². The predicted octanol–water partition coefficient (Wildman–Crippen LogP) is 1.67. The Morgan fingerprint density at radius 2 is 2.05 bits per heavy atom. The number of hydrogen-bond donors (Lipinski definition) is 2. The smallest absolute Gasteiger partial charge is 0.240 e. The van der Waals surface area contributed by atoms with Gasteiger partial charge in [-0.25, -0.2) is 13.1 Å². The van der Waals surface area contributed by atoms with E-state index in [0.29, 0.717) is 6.61 Å². The highest BCUT2D eigenvalue weighted by Crippen LogP contribution is 2.20. The van der Waals surface area contributed by atoms with E-state index in [1.54, 1.807) is 32.2 Å². The Balaban J connectivity index is 2.98. The minimum Gasteiger partial charge on any atom is -0.383 e. The zero-order chi connectivity index (χ0) is 15.2. The summed E-state index contributed by atoms with van der Waals surface area (Å²) in [6.45, 7) is 4.17. The molecule has 0 heterocycles. The standard InChI is InChI=1S/C14H24N2O3S/c1-5-14(15-3)12-7-6-8-13(9-12)20(17,18)16-11(2)10-19-4/h6-9,11,14-16H,5,10H2,1-4H3. The Kier molecular flexibility index (Phi) is 6.61. The van der Waals surface area contributed by atoms with Crippen LogP contribution in [0.5, 0.6) is 0 Å². The molecule has 114 valence electrons. The molecule has 0 bridgehead atoms. The van der Waals surface area contributed by atoms with Gasteiger partial charge in [0.25, 0.3) is 0 Å². The van der Waals surface area contributed by atoms with Crippen molar-refractivity contribution in [2.45, 2.75) is 37.2 Å². The Morgan fingerprint density at radius 1 is 1.35 bits per heavy atom. The molecule has 0 saturated carbocycles. The molecule has 0 radical (unpaired) electrons. The molecule has 6 heteroatoms. The van der Waals surface area contributed by atoms with Gasteiger partial charge in [-0.1, -0.05) is 19.1 Å². The van der Waals surface area contributed by atoms with Crippen LogP contribution in [0.15, 0.2) is 29.2 Å². The first-order chi connectivity index (χ1) is 9.44. The third kappa shape index (κ3) is 4.56. The third-order valence-corrected chi connectivity index (χ3v) is 4.69. The quantitative estimate of drug-likeness (QED) is 0.766. The van der Waals surface area contributed by atoms with Crippen molar-refractivity contribution in [3.63, 3.8) is 0 Å². The minimum atomic E-state index is -3.51. The summed E-state index contributed by atoms with van der Waals surface area (Å²) < 4.78 is 32.1. The number of hydrogen-bond acceptors (Lipinski definition) is 4. The summed E-state index contributed by atoms with van der Waals surface area (Å²) in [6.07, 6.45) is 0.896. The molecule has 1 aromatic carbocycles. The van der Waals surface area contributed by atoms with Crippen LogP contribution in [0.2, 0.25) is 0 Å². The van der Waals surface area contributed by atoms with E-state index < -0.39 is 10.0 Å². The van der Waals surface area contributed by atoms with Crippen LogP contribution < -0.4 is 10.0 Å². The van der Waals surface area contributed by atoms with Crippen molar-refractivity contribution >= 4 is 10.0 Å². The van der Waals surface area contributed by atoms with Crippen molar-refractivity contribution in [1.29, 1.82) is 0 Å². The monoisotopic (exact) mass is 300 g/mol. The molecule has 1 rings (SSSR count). The van der Waals surface area contributed by atoms with E-state index in [2.05, 4.69) is 17.0 Å². The largest absolute Gasteiger partial charge is 0.383 e. The van der Waals surface area contributed by atoms with Gasteiger partial charge in [-0.05, 0) is 38.1 Å². The number of rotatable bonds is 8. The lowest BCUT2D eigenvalue weighted by Gasteiger charge is -2.17. The third-order valence-electron chi connectivity index (χ3n) is 3.10. The molecular formula is C14H24N2O3S. The Hall–Kier alpha value is -0.950. The highest BCUT2D eigenvalue weighted by Gasteiger charge is 2.18. The minimum absolute atomic E-state index is 0.154. The van der Waals surface area contributed by atoms with E-state index in [-0.39, 0.29) is 17.0 Å². The Labute approximate surface area is 121 Å². The molecule has 2 N–H and O–H groups in total. The van der Waals surface area contributed by atoms with Gasteiger partial charge in [0.15, 0.2) is 0 Å². The molecule has 2 atom stereocenters. The molecule has 2 unspecified atom stereocenters. The maximum absolute atomic E-state index is 12.3. The predicted molar refractivity (Wildman–Crippen MR) is 80.2 cm³/mol. The molecule has 0 aromatic heterocycles.